The zero-order chi connectivity index (χ0) is 16.3. The molecule has 0 aliphatic rings. The molecule has 0 aliphatic carbocycles. The highest BCUT2D eigenvalue weighted by molar-refractivity contribution is 6.09. The first-order valence-electron chi connectivity index (χ1n) is 6.12. The number of carbonyl (C=O) groups excluding carboxylic acids is 2. The van der Waals surface area contributed by atoms with Crippen molar-refractivity contribution in [3.8, 4) is 0 Å². The smallest absolute Gasteiger partial charge is 0.356 e. The van der Waals surface area contributed by atoms with Crippen LogP contribution in [0.1, 0.15) is 26.5 Å². The lowest BCUT2D eigenvalue weighted by atomic mass is 10.2. The molecule has 2 N–H and O–H groups in total. The van der Waals surface area contributed by atoms with Crippen molar-refractivity contribution in [1.29, 1.82) is 0 Å². The molecule has 1 amide bonds. The summed E-state index contributed by atoms with van der Waals surface area (Å²) >= 11 is 0. The number of nitro benzene ring substituents is 1. The van der Waals surface area contributed by atoms with Gasteiger partial charge in [-0.05, 0) is 19.1 Å². The van der Waals surface area contributed by atoms with E-state index in [1.807, 2.05) is 0 Å². The van der Waals surface area contributed by atoms with Crippen molar-refractivity contribution in [3.63, 3.8) is 0 Å². The predicted molar refractivity (Wildman–Crippen MR) is 75.7 cm³/mol. The lowest BCUT2D eigenvalue weighted by Crippen LogP contribution is -2.17. The number of carbonyl (C=O) groups is 2. The molecule has 9 nitrogen and oxygen atoms in total. The summed E-state index contributed by atoms with van der Waals surface area (Å²) in [5.74, 6) is -1.35. The van der Waals surface area contributed by atoms with Gasteiger partial charge in [0.2, 0.25) is 0 Å². The van der Waals surface area contributed by atoms with Gasteiger partial charge in [-0.1, -0.05) is 0 Å². The fourth-order valence-corrected chi connectivity index (χ4v) is 1.85. The number of ether oxygens (including phenoxy) is 1. The molecule has 0 aliphatic heterocycles. The number of hydrogen-bond acceptors (Lipinski definition) is 6. The summed E-state index contributed by atoms with van der Waals surface area (Å²) in [7, 11) is 1.19. The van der Waals surface area contributed by atoms with Crippen molar-refractivity contribution in [2.24, 2.45) is 0 Å². The first kappa shape index (κ1) is 15.2. The van der Waals surface area contributed by atoms with E-state index in [-0.39, 0.29) is 17.1 Å². The van der Waals surface area contributed by atoms with E-state index in [1.165, 1.54) is 31.6 Å². The van der Waals surface area contributed by atoms with E-state index in [9.17, 15) is 19.7 Å². The Morgan fingerprint density at radius 3 is 2.73 bits per heavy atom. The molecule has 0 bridgehead atoms. The molecule has 9 heteroatoms. The van der Waals surface area contributed by atoms with E-state index in [2.05, 4.69) is 20.0 Å². The Bertz CT molecular complexity index is 753. The molecule has 0 saturated carbocycles. The number of rotatable bonds is 4. The van der Waals surface area contributed by atoms with Crippen molar-refractivity contribution in [1.82, 2.24) is 9.97 Å². The van der Waals surface area contributed by atoms with E-state index in [4.69, 9.17) is 0 Å². The highest BCUT2D eigenvalue weighted by Crippen LogP contribution is 2.22. The SMILES string of the molecule is COC(=O)c1[nH]cnc1C(=O)Nc1ccc([N+](=O)[O-])c(C)c1. The molecule has 0 fully saturated rings. The van der Waals surface area contributed by atoms with Gasteiger partial charge in [0, 0.05) is 17.3 Å². The van der Waals surface area contributed by atoms with Gasteiger partial charge in [-0.15, -0.1) is 0 Å². The first-order chi connectivity index (χ1) is 10.4. The molecular formula is C13H12N4O5. The number of aryl methyl sites for hydroxylation is 1. The number of nitro groups is 1. The highest BCUT2D eigenvalue weighted by atomic mass is 16.6. The van der Waals surface area contributed by atoms with Crippen LogP contribution in [0.25, 0.3) is 0 Å². The number of amides is 1. The summed E-state index contributed by atoms with van der Waals surface area (Å²) in [4.78, 5) is 40.1. The van der Waals surface area contributed by atoms with E-state index >= 15 is 0 Å². The molecule has 0 unspecified atom stereocenters. The zero-order valence-corrected chi connectivity index (χ0v) is 11.7. The Morgan fingerprint density at radius 2 is 2.14 bits per heavy atom. The second kappa shape index (κ2) is 6.04. The van der Waals surface area contributed by atoms with Crippen molar-refractivity contribution in [2.75, 3.05) is 12.4 Å². The van der Waals surface area contributed by atoms with Crippen molar-refractivity contribution in [2.45, 2.75) is 6.92 Å². The number of nitrogens with one attached hydrogen (secondary N) is 2. The largest absolute Gasteiger partial charge is 0.464 e. The van der Waals surface area contributed by atoms with Crippen LogP contribution in [0.4, 0.5) is 11.4 Å². The monoisotopic (exact) mass is 304 g/mol. The number of esters is 1. The standard InChI is InChI=1S/C13H12N4O5/c1-7-5-8(3-4-9(7)17(20)21)16-12(18)10-11(13(19)22-2)15-6-14-10/h3-6H,1-2H3,(H,14,15)(H,16,18). The third kappa shape index (κ3) is 2.92. The topological polar surface area (TPSA) is 127 Å². The van der Waals surface area contributed by atoms with Crippen LogP contribution in [0.15, 0.2) is 24.5 Å². The minimum absolute atomic E-state index is 0.0481. The summed E-state index contributed by atoms with van der Waals surface area (Å²) in [6.07, 6.45) is 1.20. The van der Waals surface area contributed by atoms with E-state index in [1.54, 1.807) is 6.92 Å². The number of benzene rings is 1. The summed E-state index contributed by atoms with van der Waals surface area (Å²) in [6, 6.07) is 4.14. The summed E-state index contributed by atoms with van der Waals surface area (Å²) in [6.45, 7) is 1.56. The Labute approximate surface area is 124 Å². The third-order valence-electron chi connectivity index (χ3n) is 2.90. The van der Waals surface area contributed by atoms with Crippen LogP contribution >= 0.6 is 0 Å². The van der Waals surface area contributed by atoms with Gasteiger partial charge in [-0.2, -0.15) is 0 Å². The number of imidazole rings is 1. The minimum atomic E-state index is -0.720. The molecule has 1 aromatic heterocycles. The van der Waals surface area contributed by atoms with Crippen LogP contribution in [0.5, 0.6) is 0 Å². The summed E-state index contributed by atoms with van der Waals surface area (Å²) < 4.78 is 4.53. The van der Waals surface area contributed by atoms with Crippen LogP contribution in [-0.2, 0) is 4.74 Å². The summed E-state index contributed by atoms with van der Waals surface area (Å²) in [5, 5.41) is 13.3. The van der Waals surface area contributed by atoms with Gasteiger partial charge in [0.05, 0.1) is 18.4 Å². The van der Waals surface area contributed by atoms with Gasteiger partial charge in [0.1, 0.15) is 0 Å². The maximum atomic E-state index is 12.1. The second-order valence-electron chi connectivity index (χ2n) is 4.33. The van der Waals surface area contributed by atoms with E-state index in [0.29, 0.717) is 11.3 Å². The van der Waals surface area contributed by atoms with Gasteiger partial charge >= 0.3 is 5.97 Å². The predicted octanol–water partition coefficient (Wildman–Crippen LogP) is 1.67. The number of aromatic amines is 1. The Morgan fingerprint density at radius 1 is 1.41 bits per heavy atom. The molecule has 114 valence electrons. The average molecular weight is 304 g/mol. The second-order valence-corrected chi connectivity index (χ2v) is 4.33. The molecule has 0 saturated heterocycles. The average Bonchev–Trinajstić information content (AvgIpc) is 2.95. The molecule has 2 rings (SSSR count). The molecule has 1 heterocycles. The van der Waals surface area contributed by atoms with Gasteiger partial charge < -0.3 is 15.0 Å². The quantitative estimate of drug-likeness (QED) is 0.502. The highest BCUT2D eigenvalue weighted by Gasteiger charge is 2.21. The van der Waals surface area contributed by atoms with Crippen LogP contribution in [-0.4, -0.2) is 33.9 Å². The lowest BCUT2D eigenvalue weighted by Gasteiger charge is -2.06. The zero-order valence-electron chi connectivity index (χ0n) is 11.7. The van der Waals surface area contributed by atoms with Crippen molar-refractivity contribution in [3.05, 3.63) is 51.6 Å². The Hall–Kier alpha value is -3.23. The van der Waals surface area contributed by atoms with Crippen LogP contribution < -0.4 is 5.32 Å². The molecule has 0 radical (unpaired) electrons. The third-order valence-corrected chi connectivity index (χ3v) is 2.90. The Balaban J connectivity index is 2.23. The molecule has 0 atom stereocenters. The molecule has 2 aromatic rings. The number of hydrogen-bond donors (Lipinski definition) is 2. The first-order valence-corrected chi connectivity index (χ1v) is 6.12. The van der Waals surface area contributed by atoms with E-state index in [0.717, 1.165) is 0 Å². The summed E-state index contributed by atoms with van der Waals surface area (Å²) in [5.41, 5.74) is 0.513. The van der Waals surface area contributed by atoms with Crippen molar-refractivity contribution < 1.29 is 19.2 Å². The van der Waals surface area contributed by atoms with Crippen LogP contribution in [0, 0.1) is 17.0 Å². The van der Waals surface area contributed by atoms with Gasteiger partial charge in [-0.3, -0.25) is 14.9 Å². The number of aromatic nitrogens is 2. The fraction of sp³-hybridized carbons (Fsp3) is 0.154. The fourth-order valence-electron chi connectivity index (χ4n) is 1.85. The van der Waals surface area contributed by atoms with Crippen LogP contribution in [0.2, 0.25) is 0 Å². The molecule has 0 spiro atoms. The minimum Gasteiger partial charge on any atom is -0.464 e. The maximum absolute atomic E-state index is 12.1. The lowest BCUT2D eigenvalue weighted by molar-refractivity contribution is -0.385. The molecular weight excluding hydrogens is 292 g/mol. The van der Waals surface area contributed by atoms with Crippen molar-refractivity contribution >= 4 is 23.3 Å². The molecule has 1 aromatic carbocycles. The van der Waals surface area contributed by atoms with Gasteiger partial charge in [0.15, 0.2) is 11.4 Å². The number of H-pyrrole nitrogens is 1. The van der Waals surface area contributed by atoms with Crippen LogP contribution in [0.3, 0.4) is 0 Å². The van der Waals surface area contributed by atoms with E-state index < -0.39 is 16.8 Å². The van der Waals surface area contributed by atoms with Gasteiger partial charge in [0.25, 0.3) is 11.6 Å². The molecule has 22 heavy (non-hydrogen) atoms. The number of methoxy groups -OCH3 is 1. The Kier molecular flexibility index (Phi) is 4.16. The number of nitrogens with zero attached hydrogens (tertiary/aromatic N) is 2. The maximum Gasteiger partial charge on any atom is 0.356 e. The number of anilines is 1. The van der Waals surface area contributed by atoms with Gasteiger partial charge in [-0.25, -0.2) is 9.78 Å². The normalized spacial score (nSPS) is 10.1.